The van der Waals surface area contributed by atoms with Gasteiger partial charge in [0.2, 0.25) is 10.0 Å². The van der Waals surface area contributed by atoms with Crippen LogP contribution in [0.1, 0.15) is 23.7 Å². The van der Waals surface area contributed by atoms with Crippen molar-refractivity contribution in [1.29, 1.82) is 0 Å². The average molecular weight is 321 g/mol. The van der Waals surface area contributed by atoms with Gasteiger partial charge in [0.05, 0.1) is 12.4 Å². The van der Waals surface area contributed by atoms with Crippen LogP contribution in [0.2, 0.25) is 0 Å². The fraction of sp³-hybridized carbons (Fsp3) is 0.462. The number of ether oxygens (including phenoxy) is 1. The predicted molar refractivity (Wildman–Crippen MR) is 75.3 cm³/mol. The van der Waals surface area contributed by atoms with Crippen molar-refractivity contribution in [3.05, 3.63) is 29.8 Å². The Morgan fingerprint density at radius 2 is 1.90 bits per heavy atom. The van der Waals surface area contributed by atoms with E-state index in [2.05, 4.69) is 9.46 Å². The summed E-state index contributed by atoms with van der Waals surface area (Å²) in [7, 11) is -3.36. The number of ketones is 1. The lowest BCUT2D eigenvalue weighted by Crippen LogP contribution is -2.14. The maximum Gasteiger partial charge on any atom is 0.261 e. The molecule has 0 heterocycles. The number of anilines is 1. The first kappa shape index (κ1) is 17.5. The van der Waals surface area contributed by atoms with E-state index >= 15 is 0 Å². The number of sulfonamides is 1. The lowest BCUT2D eigenvalue weighted by Gasteiger charge is -2.07. The predicted octanol–water partition coefficient (Wildman–Crippen LogP) is 2.30. The van der Waals surface area contributed by atoms with Crippen LogP contribution in [0, 0.1) is 0 Å². The van der Waals surface area contributed by atoms with Crippen molar-refractivity contribution in [1.82, 2.24) is 0 Å². The molecule has 5 nitrogen and oxygen atoms in total. The maximum atomic E-state index is 11.8. The highest BCUT2D eigenvalue weighted by Crippen LogP contribution is 2.13. The third-order valence-corrected chi connectivity index (χ3v) is 3.88. The minimum absolute atomic E-state index is 0.00719. The van der Waals surface area contributed by atoms with E-state index in [0.29, 0.717) is 11.3 Å². The van der Waals surface area contributed by atoms with Gasteiger partial charge in [0.25, 0.3) is 6.43 Å². The molecular formula is C13H17F2NO4S. The van der Waals surface area contributed by atoms with Crippen molar-refractivity contribution in [2.45, 2.75) is 19.8 Å². The first-order valence-electron chi connectivity index (χ1n) is 6.33. The molecule has 0 saturated carbocycles. The second kappa shape index (κ2) is 8.04. The van der Waals surface area contributed by atoms with Gasteiger partial charge in [0.15, 0.2) is 5.78 Å². The summed E-state index contributed by atoms with van der Waals surface area (Å²) in [5, 5.41) is 0. The van der Waals surface area contributed by atoms with Crippen molar-refractivity contribution >= 4 is 21.5 Å². The monoisotopic (exact) mass is 321 g/mol. The molecular weight excluding hydrogens is 304 g/mol. The minimum Gasteiger partial charge on any atom is -0.375 e. The zero-order valence-electron chi connectivity index (χ0n) is 11.5. The molecule has 0 spiro atoms. The summed E-state index contributed by atoms with van der Waals surface area (Å²) in [4.78, 5) is 11.7. The van der Waals surface area contributed by atoms with Crippen molar-refractivity contribution in [3.8, 4) is 0 Å². The van der Waals surface area contributed by atoms with Gasteiger partial charge in [-0.3, -0.25) is 9.52 Å². The van der Waals surface area contributed by atoms with Crippen molar-refractivity contribution in [2.75, 3.05) is 23.7 Å². The van der Waals surface area contributed by atoms with Crippen LogP contribution >= 0.6 is 0 Å². The molecule has 118 valence electrons. The Balaban J connectivity index is 2.52. The normalized spacial score (nSPS) is 11.6. The molecule has 0 atom stereocenters. The maximum absolute atomic E-state index is 11.8. The SMILES string of the molecule is CCS(=O)(=O)Nc1ccc(C(=O)CCOCC(F)F)cc1. The van der Waals surface area contributed by atoms with Gasteiger partial charge in [-0.1, -0.05) is 0 Å². The lowest BCUT2D eigenvalue weighted by molar-refractivity contribution is 0.0170. The number of alkyl halides is 2. The summed E-state index contributed by atoms with van der Waals surface area (Å²) in [6, 6.07) is 5.90. The Morgan fingerprint density at radius 3 is 2.43 bits per heavy atom. The molecule has 1 aromatic carbocycles. The molecule has 0 bridgehead atoms. The topological polar surface area (TPSA) is 72.5 Å². The number of carbonyl (C=O) groups is 1. The number of hydrogen-bond acceptors (Lipinski definition) is 4. The number of hydrogen-bond donors (Lipinski definition) is 1. The van der Waals surface area contributed by atoms with Crippen LogP contribution in [0.4, 0.5) is 14.5 Å². The van der Waals surface area contributed by atoms with Crippen LogP contribution in [0.15, 0.2) is 24.3 Å². The molecule has 0 aliphatic rings. The van der Waals surface area contributed by atoms with Crippen molar-refractivity contribution in [2.24, 2.45) is 0 Å². The minimum atomic E-state index is -3.36. The molecule has 0 fully saturated rings. The van der Waals surface area contributed by atoms with Gasteiger partial charge in [-0.05, 0) is 31.2 Å². The fourth-order valence-corrected chi connectivity index (χ4v) is 2.10. The zero-order chi connectivity index (χ0) is 15.9. The van der Waals surface area contributed by atoms with E-state index in [4.69, 9.17) is 0 Å². The molecule has 0 amide bonds. The van der Waals surface area contributed by atoms with Crippen LogP contribution in [0.3, 0.4) is 0 Å². The standard InChI is InChI=1S/C13H17F2NO4S/c1-2-21(18,19)16-11-5-3-10(4-6-11)12(17)7-8-20-9-13(14)15/h3-6,13,16H,2,7-9H2,1H3. The average Bonchev–Trinajstić information content (AvgIpc) is 2.43. The Labute approximate surface area is 122 Å². The van der Waals surface area contributed by atoms with E-state index in [1.165, 1.54) is 31.2 Å². The van der Waals surface area contributed by atoms with Crippen LogP contribution in [0.5, 0.6) is 0 Å². The van der Waals surface area contributed by atoms with E-state index in [1.807, 2.05) is 0 Å². The molecule has 0 saturated heterocycles. The molecule has 21 heavy (non-hydrogen) atoms. The number of Topliss-reactive ketones (excluding diaryl/α,β-unsaturated/α-hetero) is 1. The number of nitrogens with one attached hydrogen (secondary N) is 1. The molecule has 0 radical (unpaired) electrons. The smallest absolute Gasteiger partial charge is 0.261 e. The highest BCUT2D eigenvalue weighted by atomic mass is 32.2. The van der Waals surface area contributed by atoms with E-state index in [-0.39, 0.29) is 24.6 Å². The summed E-state index contributed by atoms with van der Waals surface area (Å²) in [5.41, 5.74) is 0.734. The second-order valence-corrected chi connectivity index (χ2v) is 6.23. The van der Waals surface area contributed by atoms with E-state index in [0.717, 1.165) is 0 Å². The zero-order valence-corrected chi connectivity index (χ0v) is 12.3. The molecule has 8 heteroatoms. The lowest BCUT2D eigenvalue weighted by atomic mass is 10.1. The largest absolute Gasteiger partial charge is 0.375 e. The van der Waals surface area contributed by atoms with Crippen molar-refractivity contribution < 1.29 is 26.7 Å². The number of carbonyl (C=O) groups excluding carboxylic acids is 1. The second-order valence-electron chi connectivity index (χ2n) is 4.22. The Kier molecular flexibility index (Phi) is 6.70. The first-order valence-corrected chi connectivity index (χ1v) is 7.99. The Bertz CT molecular complexity index is 558. The van der Waals surface area contributed by atoms with Gasteiger partial charge in [-0.2, -0.15) is 0 Å². The van der Waals surface area contributed by atoms with Gasteiger partial charge in [-0.15, -0.1) is 0 Å². The molecule has 0 aromatic heterocycles. The quantitative estimate of drug-likeness (QED) is 0.559. The molecule has 0 unspecified atom stereocenters. The van der Waals surface area contributed by atoms with E-state index in [9.17, 15) is 22.0 Å². The summed E-state index contributed by atoms with van der Waals surface area (Å²) in [6.45, 7) is 0.748. The van der Waals surface area contributed by atoms with Crippen molar-refractivity contribution in [3.63, 3.8) is 0 Å². The summed E-state index contributed by atoms with van der Waals surface area (Å²) >= 11 is 0. The van der Waals surface area contributed by atoms with Gasteiger partial charge < -0.3 is 4.74 Å². The highest BCUT2D eigenvalue weighted by molar-refractivity contribution is 7.92. The summed E-state index contributed by atoms with van der Waals surface area (Å²) < 4.78 is 53.4. The van der Waals surface area contributed by atoms with Crippen LogP contribution in [-0.4, -0.2) is 39.6 Å². The van der Waals surface area contributed by atoms with Gasteiger partial charge >= 0.3 is 0 Å². The van der Waals surface area contributed by atoms with Crippen LogP contribution in [0.25, 0.3) is 0 Å². The van der Waals surface area contributed by atoms with Gasteiger partial charge in [-0.25, -0.2) is 17.2 Å². The van der Waals surface area contributed by atoms with Gasteiger partial charge in [0.1, 0.15) is 6.61 Å². The first-order chi connectivity index (χ1) is 9.84. The Morgan fingerprint density at radius 1 is 1.29 bits per heavy atom. The Hall–Kier alpha value is -1.54. The van der Waals surface area contributed by atoms with E-state index in [1.54, 1.807) is 0 Å². The fourth-order valence-electron chi connectivity index (χ4n) is 1.46. The third kappa shape index (κ3) is 6.63. The molecule has 1 rings (SSSR count). The highest BCUT2D eigenvalue weighted by Gasteiger charge is 2.09. The third-order valence-electron chi connectivity index (χ3n) is 2.58. The van der Waals surface area contributed by atoms with Crippen LogP contribution < -0.4 is 4.72 Å². The molecule has 0 aliphatic heterocycles. The van der Waals surface area contributed by atoms with Crippen LogP contribution in [-0.2, 0) is 14.8 Å². The molecule has 1 N–H and O–H groups in total. The molecule has 0 aliphatic carbocycles. The number of benzene rings is 1. The molecule has 1 aromatic rings. The number of halogens is 2. The van der Waals surface area contributed by atoms with E-state index < -0.39 is 23.1 Å². The van der Waals surface area contributed by atoms with Gasteiger partial charge in [0, 0.05) is 17.7 Å². The summed E-state index contributed by atoms with van der Waals surface area (Å²) in [5.74, 6) is -0.302. The number of rotatable bonds is 9. The summed E-state index contributed by atoms with van der Waals surface area (Å²) in [6.07, 6.45) is -2.56.